The van der Waals surface area contributed by atoms with Crippen molar-refractivity contribution in [3.63, 3.8) is 0 Å². The van der Waals surface area contributed by atoms with Gasteiger partial charge in [0.05, 0.1) is 0 Å². The molecule has 0 aromatic heterocycles. The van der Waals surface area contributed by atoms with E-state index in [0.717, 1.165) is 29.3 Å². The number of rotatable bonds is 7. The zero-order valence-corrected chi connectivity index (χ0v) is 13.6. The van der Waals surface area contributed by atoms with Crippen molar-refractivity contribution in [3.8, 4) is 0 Å². The second-order valence-corrected chi connectivity index (χ2v) is 6.46. The molecule has 0 saturated heterocycles. The standard InChI is InChI=1S/C16H20BrNO3/c1-2-3-4-14(16(20)21)18-15(19)13-9-12(13)10-5-7-11(17)8-6-10/h5-8,12-14H,2-4,9H2,1H3,(H,18,19)(H,20,21). The highest BCUT2D eigenvalue weighted by Crippen LogP contribution is 2.47. The van der Waals surface area contributed by atoms with Crippen LogP contribution in [0.1, 0.15) is 44.1 Å². The van der Waals surface area contributed by atoms with Crippen LogP contribution in [0.4, 0.5) is 0 Å². The van der Waals surface area contributed by atoms with Gasteiger partial charge in [-0.3, -0.25) is 4.79 Å². The van der Waals surface area contributed by atoms with Gasteiger partial charge in [0.15, 0.2) is 0 Å². The Bertz CT molecular complexity index is 515. The molecule has 2 rings (SSSR count). The Balaban J connectivity index is 1.90. The van der Waals surface area contributed by atoms with Crippen molar-refractivity contribution < 1.29 is 14.7 Å². The van der Waals surface area contributed by atoms with Crippen molar-refractivity contribution in [2.45, 2.75) is 44.6 Å². The van der Waals surface area contributed by atoms with Crippen LogP contribution >= 0.6 is 15.9 Å². The predicted octanol–water partition coefficient (Wildman–Crippen LogP) is 3.31. The molecule has 1 aromatic carbocycles. The Morgan fingerprint density at radius 2 is 2.05 bits per heavy atom. The highest BCUT2D eigenvalue weighted by Gasteiger charge is 2.44. The third-order valence-corrected chi connectivity index (χ3v) is 4.41. The number of carboxylic acid groups (broad SMARTS) is 1. The Labute approximate surface area is 133 Å². The average Bonchev–Trinajstić information content (AvgIpc) is 3.24. The van der Waals surface area contributed by atoms with Crippen LogP contribution in [-0.4, -0.2) is 23.0 Å². The van der Waals surface area contributed by atoms with Gasteiger partial charge in [-0.25, -0.2) is 4.79 Å². The summed E-state index contributed by atoms with van der Waals surface area (Å²) in [6.07, 6.45) is 3.02. The molecule has 114 valence electrons. The van der Waals surface area contributed by atoms with Crippen molar-refractivity contribution in [1.82, 2.24) is 5.32 Å². The first-order valence-corrected chi connectivity index (χ1v) is 8.11. The van der Waals surface area contributed by atoms with E-state index in [1.54, 1.807) is 0 Å². The lowest BCUT2D eigenvalue weighted by molar-refractivity contribution is -0.142. The molecule has 2 N–H and O–H groups in total. The Kier molecular flexibility index (Phi) is 5.39. The quantitative estimate of drug-likeness (QED) is 0.790. The van der Waals surface area contributed by atoms with E-state index in [1.807, 2.05) is 31.2 Å². The molecule has 1 fully saturated rings. The fourth-order valence-corrected chi connectivity index (χ4v) is 2.77. The molecule has 1 aliphatic rings. The first-order chi connectivity index (χ1) is 10.0. The number of unbranched alkanes of at least 4 members (excludes halogenated alkanes) is 1. The first kappa shape index (κ1) is 16.0. The Morgan fingerprint density at radius 3 is 2.62 bits per heavy atom. The summed E-state index contributed by atoms with van der Waals surface area (Å²) in [5.41, 5.74) is 1.14. The lowest BCUT2D eigenvalue weighted by atomic mass is 10.1. The molecule has 0 heterocycles. The summed E-state index contributed by atoms with van der Waals surface area (Å²) in [5.74, 6) is -0.947. The molecular weight excluding hydrogens is 334 g/mol. The monoisotopic (exact) mass is 353 g/mol. The fraction of sp³-hybridized carbons (Fsp3) is 0.500. The molecule has 0 aliphatic heterocycles. The Hall–Kier alpha value is -1.36. The van der Waals surface area contributed by atoms with E-state index in [-0.39, 0.29) is 17.7 Å². The van der Waals surface area contributed by atoms with Gasteiger partial charge >= 0.3 is 5.97 Å². The summed E-state index contributed by atoms with van der Waals surface area (Å²) < 4.78 is 1.01. The number of amides is 1. The van der Waals surface area contributed by atoms with E-state index in [0.29, 0.717) is 6.42 Å². The van der Waals surface area contributed by atoms with Gasteiger partial charge in [-0.05, 0) is 36.5 Å². The second kappa shape index (κ2) is 7.07. The predicted molar refractivity (Wildman–Crippen MR) is 84.1 cm³/mol. The van der Waals surface area contributed by atoms with Crippen LogP contribution in [0.3, 0.4) is 0 Å². The summed E-state index contributed by atoms with van der Waals surface area (Å²) in [5, 5.41) is 11.8. The van der Waals surface area contributed by atoms with Crippen LogP contribution in [0.2, 0.25) is 0 Å². The third-order valence-electron chi connectivity index (χ3n) is 3.89. The van der Waals surface area contributed by atoms with Crippen LogP contribution < -0.4 is 5.32 Å². The van der Waals surface area contributed by atoms with E-state index in [9.17, 15) is 9.59 Å². The lowest BCUT2D eigenvalue weighted by Gasteiger charge is -2.14. The van der Waals surface area contributed by atoms with Gasteiger partial charge in [0, 0.05) is 10.4 Å². The van der Waals surface area contributed by atoms with E-state index in [2.05, 4.69) is 21.2 Å². The zero-order valence-electron chi connectivity index (χ0n) is 12.0. The number of hydrogen-bond acceptors (Lipinski definition) is 2. The molecule has 0 radical (unpaired) electrons. The SMILES string of the molecule is CCCCC(NC(=O)C1CC1c1ccc(Br)cc1)C(=O)O. The van der Waals surface area contributed by atoms with Gasteiger partial charge in [0.25, 0.3) is 0 Å². The molecule has 21 heavy (non-hydrogen) atoms. The van der Waals surface area contributed by atoms with Gasteiger partial charge in [0.2, 0.25) is 5.91 Å². The molecule has 4 nitrogen and oxygen atoms in total. The van der Waals surface area contributed by atoms with Crippen molar-refractivity contribution in [3.05, 3.63) is 34.3 Å². The molecule has 1 saturated carbocycles. The van der Waals surface area contributed by atoms with Crippen molar-refractivity contribution in [2.75, 3.05) is 0 Å². The van der Waals surface area contributed by atoms with Crippen molar-refractivity contribution in [2.24, 2.45) is 5.92 Å². The van der Waals surface area contributed by atoms with Gasteiger partial charge in [-0.1, -0.05) is 47.8 Å². The van der Waals surface area contributed by atoms with Crippen molar-refractivity contribution >= 4 is 27.8 Å². The molecule has 1 aromatic rings. The smallest absolute Gasteiger partial charge is 0.326 e. The number of carboxylic acids is 1. The lowest BCUT2D eigenvalue weighted by Crippen LogP contribution is -2.41. The van der Waals surface area contributed by atoms with Crippen LogP contribution in [0, 0.1) is 5.92 Å². The summed E-state index contributed by atoms with van der Waals surface area (Å²) in [6, 6.07) is 7.18. The highest BCUT2D eigenvalue weighted by molar-refractivity contribution is 9.10. The number of carbonyl (C=O) groups excluding carboxylic acids is 1. The third kappa shape index (κ3) is 4.30. The van der Waals surface area contributed by atoms with E-state index >= 15 is 0 Å². The van der Waals surface area contributed by atoms with E-state index < -0.39 is 12.0 Å². The van der Waals surface area contributed by atoms with Crippen LogP contribution in [-0.2, 0) is 9.59 Å². The number of hydrogen-bond donors (Lipinski definition) is 2. The van der Waals surface area contributed by atoms with Crippen LogP contribution in [0.25, 0.3) is 0 Å². The molecule has 1 aliphatic carbocycles. The molecule has 3 atom stereocenters. The molecule has 1 amide bonds. The number of benzene rings is 1. The second-order valence-electron chi connectivity index (χ2n) is 5.54. The maximum Gasteiger partial charge on any atom is 0.326 e. The Morgan fingerprint density at radius 1 is 1.38 bits per heavy atom. The number of nitrogens with one attached hydrogen (secondary N) is 1. The normalized spacial score (nSPS) is 21.6. The fourth-order valence-electron chi connectivity index (χ4n) is 2.51. The summed E-state index contributed by atoms with van der Waals surface area (Å²) in [4.78, 5) is 23.3. The zero-order chi connectivity index (χ0) is 15.4. The molecule has 0 spiro atoms. The van der Waals surface area contributed by atoms with Gasteiger partial charge in [0.1, 0.15) is 6.04 Å². The van der Waals surface area contributed by atoms with Gasteiger partial charge in [-0.15, -0.1) is 0 Å². The minimum absolute atomic E-state index is 0.0883. The maximum atomic E-state index is 12.2. The average molecular weight is 354 g/mol. The first-order valence-electron chi connectivity index (χ1n) is 7.31. The number of carbonyl (C=O) groups is 2. The molecule has 3 unspecified atom stereocenters. The molecule has 5 heteroatoms. The number of aliphatic carboxylic acids is 1. The van der Waals surface area contributed by atoms with E-state index in [4.69, 9.17) is 5.11 Å². The van der Waals surface area contributed by atoms with Gasteiger partial charge in [-0.2, -0.15) is 0 Å². The largest absolute Gasteiger partial charge is 0.480 e. The summed E-state index contributed by atoms with van der Waals surface area (Å²) in [6.45, 7) is 2.01. The van der Waals surface area contributed by atoms with Crippen LogP contribution in [0.5, 0.6) is 0 Å². The molecular formula is C16H20BrNO3. The topological polar surface area (TPSA) is 66.4 Å². The van der Waals surface area contributed by atoms with Gasteiger partial charge < -0.3 is 10.4 Å². The van der Waals surface area contributed by atoms with Crippen LogP contribution in [0.15, 0.2) is 28.7 Å². The van der Waals surface area contributed by atoms with E-state index in [1.165, 1.54) is 0 Å². The van der Waals surface area contributed by atoms with Crippen molar-refractivity contribution in [1.29, 1.82) is 0 Å². The highest BCUT2D eigenvalue weighted by atomic mass is 79.9. The maximum absolute atomic E-state index is 12.2. The summed E-state index contributed by atoms with van der Waals surface area (Å²) in [7, 11) is 0. The minimum atomic E-state index is -0.947. The molecule has 0 bridgehead atoms. The number of halogens is 1. The summed E-state index contributed by atoms with van der Waals surface area (Å²) >= 11 is 3.39. The minimum Gasteiger partial charge on any atom is -0.480 e.